The summed E-state index contributed by atoms with van der Waals surface area (Å²) in [6, 6.07) is 19.3. The van der Waals surface area contributed by atoms with E-state index in [0.29, 0.717) is 34.3 Å². The highest BCUT2D eigenvalue weighted by Gasteiger charge is 2.18. The number of hydrogen-bond donors (Lipinski definition) is 2. The highest BCUT2D eigenvalue weighted by molar-refractivity contribution is 6.30. The number of nitrogens with zero attached hydrogens (tertiary/aromatic N) is 2. The van der Waals surface area contributed by atoms with Gasteiger partial charge in [-0.15, -0.1) is 0 Å². The first-order chi connectivity index (χ1) is 15.5. The number of halogens is 1. The molecule has 0 spiro atoms. The second-order valence-corrected chi connectivity index (χ2v) is 8.13. The molecule has 0 atom stereocenters. The third-order valence-electron chi connectivity index (χ3n) is 5.46. The Hall–Kier alpha value is -3.77. The van der Waals surface area contributed by atoms with Crippen LogP contribution in [-0.2, 0) is 6.54 Å². The SMILES string of the molecule is COc1ccc(CNc2c(-c3cc4cc(C)ccc4[nH]c3=O)nc3ccc(Cl)cn23)cc1. The predicted molar refractivity (Wildman–Crippen MR) is 129 cm³/mol. The lowest BCUT2D eigenvalue weighted by molar-refractivity contribution is 0.414. The van der Waals surface area contributed by atoms with Crippen molar-refractivity contribution in [1.29, 1.82) is 0 Å². The third-order valence-corrected chi connectivity index (χ3v) is 5.68. The van der Waals surface area contributed by atoms with Gasteiger partial charge < -0.3 is 15.0 Å². The lowest BCUT2D eigenvalue weighted by atomic mass is 10.1. The summed E-state index contributed by atoms with van der Waals surface area (Å²) >= 11 is 6.27. The van der Waals surface area contributed by atoms with Crippen molar-refractivity contribution in [3.05, 3.63) is 93.4 Å². The Balaban J connectivity index is 1.63. The summed E-state index contributed by atoms with van der Waals surface area (Å²) in [5, 5.41) is 4.99. The number of anilines is 1. The molecule has 0 saturated heterocycles. The number of imidazole rings is 1. The number of fused-ring (bicyclic) bond motifs is 2. The molecule has 2 N–H and O–H groups in total. The number of nitrogens with one attached hydrogen (secondary N) is 2. The zero-order chi connectivity index (χ0) is 22.2. The van der Waals surface area contributed by atoms with Crippen LogP contribution in [-0.4, -0.2) is 21.5 Å². The second kappa shape index (κ2) is 8.05. The van der Waals surface area contributed by atoms with Crippen molar-refractivity contribution in [2.45, 2.75) is 13.5 Å². The molecule has 7 heteroatoms. The molecule has 0 unspecified atom stereocenters. The lowest BCUT2D eigenvalue weighted by Crippen LogP contribution is -2.11. The molecule has 32 heavy (non-hydrogen) atoms. The minimum absolute atomic E-state index is 0.191. The summed E-state index contributed by atoms with van der Waals surface area (Å²) in [6.07, 6.45) is 1.79. The molecule has 5 rings (SSSR count). The number of ether oxygens (including phenoxy) is 1. The Kier molecular flexibility index (Phi) is 5.07. The number of aromatic nitrogens is 3. The fourth-order valence-electron chi connectivity index (χ4n) is 3.81. The number of aryl methyl sites for hydroxylation is 1. The standard InChI is InChI=1S/C25H21ClN4O2/c1-15-3-9-21-17(11-15)12-20(25(31)28-21)23-24(30-14-18(26)6-10-22(30)29-23)27-13-16-4-7-19(32-2)8-5-16/h3-12,14,27H,13H2,1-2H3,(H,28,31). The zero-order valence-corrected chi connectivity index (χ0v) is 18.4. The maximum Gasteiger partial charge on any atom is 0.258 e. The quantitative estimate of drug-likeness (QED) is 0.379. The fourth-order valence-corrected chi connectivity index (χ4v) is 3.97. The number of methoxy groups -OCH3 is 1. The first-order valence-corrected chi connectivity index (χ1v) is 10.6. The van der Waals surface area contributed by atoms with E-state index >= 15 is 0 Å². The average molecular weight is 445 g/mol. The number of pyridine rings is 2. The smallest absolute Gasteiger partial charge is 0.258 e. The molecule has 0 aliphatic carbocycles. The Bertz CT molecular complexity index is 1500. The van der Waals surface area contributed by atoms with E-state index < -0.39 is 0 Å². The van der Waals surface area contributed by atoms with Gasteiger partial charge in [0.2, 0.25) is 0 Å². The molecule has 3 heterocycles. The summed E-state index contributed by atoms with van der Waals surface area (Å²) in [7, 11) is 1.64. The van der Waals surface area contributed by atoms with Crippen molar-refractivity contribution in [3.8, 4) is 17.0 Å². The highest BCUT2D eigenvalue weighted by atomic mass is 35.5. The van der Waals surface area contributed by atoms with Crippen LogP contribution in [0.3, 0.4) is 0 Å². The van der Waals surface area contributed by atoms with E-state index in [9.17, 15) is 4.79 Å². The monoisotopic (exact) mass is 444 g/mol. The van der Waals surface area contributed by atoms with Crippen molar-refractivity contribution in [2.24, 2.45) is 0 Å². The van der Waals surface area contributed by atoms with Crippen LogP contribution in [0, 0.1) is 6.92 Å². The van der Waals surface area contributed by atoms with Crippen LogP contribution < -0.4 is 15.6 Å². The Morgan fingerprint density at radius 2 is 1.91 bits per heavy atom. The van der Waals surface area contributed by atoms with Gasteiger partial charge in [-0.1, -0.05) is 35.4 Å². The first kappa shape index (κ1) is 20.2. The summed E-state index contributed by atoms with van der Waals surface area (Å²) < 4.78 is 7.11. The molecule has 0 fully saturated rings. The van der Waals surface area contributed by atoms with Crippen LogP contribution in [0.1, 0.15) is 11.1 Å². The predicted octanol–water partition coefficient (Wildman–Crippen LogP) is 5.43. The van der Waals surface area contributed by atoms with E-state index in [4.69, 9.17) is 21.3 Å². The van der Waals surface area contributed by atoms with Crippen molar-refractivity contribution in [3.63, 3.8) is 0 Å². The molecule has 0 aliphatic heterocycles. The molecule has 160 valence electrons. The maximum atomic E-state index is 13.0. The van der Waals surface area contributed by atoms with Gasteiger partial charge >= 0.3 is 0 Å². The van der Waals surface area contributed by atoms with E-state index in [0.717, 1.165) is 27.8 Å². The second-order valence-electron chi connectivity index (χ2n) is 7.69. The maximum absolute atomic E-state index is 13.0. The minimum Gasteiger partial charge on any atom is -0.497 e. The molecule has 2 aromatic carbocycles. The van der Waals surface area contributed by atoms with Gasteiger partial charge in [0.15, 0.2) is 0 Å². The van der Waals surface area contributed by atoms with Crippen LogP contribution in [0.5, 0.6) is 5.75 Å². The van der Waals surface area contributed by atoms with Crippen molar-refractivity contribution < 1.29 is 4.74 Å². The number of H-pyrrole nitrogens is 1. The Morgan fingerprint density at radius 1 is 1.09 bits per heavy atom. The Morgan fingerprint density at radius 3 is 2.69 bits per heavy atom. The highest BCUT2D eigenvalue weighted by Crippen LogP contribution is 2.30. The van der Waals surface area contributed by atoms with Gasteiger partial charge in [-0.25, -0.2) is 4.98 Å². The van der Waals surface area contributed by atoms with Gasteiger partial charge in [0, 0.05) is 18.3 Å². The van der Waals surface area contributed by atoms with Gasteiger partial charge in [0.1, 0.15) is 22.9 Å². The largest absolute Gasteiger partial charge is 0.497 e. The molecular formula is C25H21ClN4O2. The zero-order valence-electron chi connectivity index (χ0n) is 17.6. The van der Waals surface area contributed by atoms with Crippen LogP contribution in [0.15, 0.2) is 71.7 Å². The average Bonchev–Trinajstić information content (AvgIpc) is 3.15. The van der Waals surface area contributed by atoms with E-state index in [1.165, 1.54) is 0 Å². The minimum atomic E-state index is -0.191. The van der Waals surface area contributed by atoms with Crippen LogP contribution in [0.2, 0.25) is 5.02 Å². The number of benzene rings is 2. The van der Waals surface area contributed by atoms with Crippen molar-refractivity contribution in [2.75, 3.05) is 12.4 Å². The first-order valence-electron chi connectivity index (χ1n) is 10.2. The number of aromatic amines is 1. The van der Waals surface area contributed by atoms with Crippen molar-refractivity contribution >= 4 is 34.0 Å². The summed E-state index contributed by atoms with van der Waals surface area (Å²) in [5.74, 6) is 1.50. The summed E-state index contributed by atoms with van der Waals surface area (Å²) in [5.41, 5.74) is 4.56. The molecule has 6 nitrogen and oxygen atoms in total. The number of rotatable bonds is 5. The van der Waals surface area contributed by atoms with Crippen LogP contribution in [0.25, 0.3) is 27.8 Å². The summed E-state index contributed by atoms with van der Waals surface area (Å²) in [4.78, 5) is 20.7. The Labute approximate surface area is 189 Å². The molecule has 3 aromatic heterocycles. The lowest BCUT2D eigenvalue weighted by Gasteiger charge is -2.10. The molecular weight excluding hydrogens is 424 g/mol. The molecule has 0 radical (unpaired) electrons. The van der Waals surface area contributed by atoms with Crippen molar-refractivity contribution in [1.82, 2.24) is 14.4 Å². The summed E-state index contributed by atoms with van der Waals surface area (Å²) in [6.45, 7) is 2.57. The van der Waals surface area contributed by atoms with Gasteiger partial charge in [-0.05, 0) is 60.3 Å². The third kappa shape index (κ3) is 3.69. The fraction of sp³-hybridized carbons (Fsp3) is 0.120. The number of hydrogen-bond acceptors (Lipinski definition) is 4. The van der Waals surface area contributed by atoms with Gasteiger partial charge in [-0.2, -0.15) is 0 Å². The van der Waals surface area contributed by atoms with E-state index in [2.05, 4.69) is 10.3 Å². The molecule has 0 aliphatic rings. The topological polar surface area (TPSA) is 71.4 Å². The normalized spacial score (nSPS) is 11.2. The molecule has 0 amide bonds. The van der Waals surface area contributed by atoms with Gasteiger partial charge in [0.25, 0.3) is 5.56 Å². The van der Waals surface area contributed by atoms with E-state index in [1.807, 2.05) is 65.9 Å². The molecule has 5 aromatic rings. The molecule has 0 bridgehead atoms. The van der Waals surface area contributed by atoms with Crippen LogP contribution >= 0.6 is 11.6 Å². The van der Waals surface area contributed by atoms with E-state index in [1.54, 1.807) is 19.4 Å². The van der Waals surface area contributed by atoms with Gasteiger partial charge in [-0.3, -0.25) is 9.20 Å². The molecule has 0 saturated carbocycles. The van der Waals surface area contributed by atoms with E-state index in [-0.39, 0.29) is 5.56 Å². The van der Waals surface area contributed by atoms with Crippen LogP contribution in [0.4, 0.5) is 5.82 Å². The van der Waals surface area contributed by atoms with Gasteiger partial charge in [0.05, 0.1) is 17.7 Å².